The lowest BCUT2D eigenvalue weighted by atomic mass is 9.89. The number of nitrogens with one attached hydrogen (secondary N) is 3. The first-order chi connectivity index (χ1) is 19.1. The first kappa shape index (κ1) is 25.7. The summed E-state index contributed by atoms with van der Waals surface area (Å²) in [6.07, 6.45) is 5.01. The van der Waals surface area contributed by atoms with Gasteiger partial charge in [0.2, 0.25) is 5.56 Å². The first-order valence-electron chi connectivity index (χ1n) is 13.1. The van der Waals surface area contributed by atoms with Crippen molar-refractivity contribution in [2.24, 2.45) is 0 Å². The van der Waals surface area contributed by atoms with Crippen molar-refractivity contribution in [3.8, 4) is 17.3 Å². The van der Waals surface area contributed by atoms with Gasteiger partial charge in [-0.25, -0.2) is 9.78 Å². The van der Waals surface area contributed by atoms with Crippen LogP contribution in [-0.4, -0.2) is 28.1 Å². The van der Waals surface area contributed by atoms with E-state index in [1.807, 2.05) is 71.6 Å². The number of urea groups is 1. The minimum absolute atomic E-state index is 0.0372. The van der Waals surface area contributed by atoms with Gasteiger partial charge < -0.3 is 15.6 Å². The van der Waals surface area contributed by atoms with E-state index in [9.17, 15) is 9.59 Å². The average molecular weight is 519 g/mol. The molecular formula is C31H30N6O2. The highest BCUT2D eigenvalue weighted by Crippen LogP contribution is 2.30. The summed E-state index contributed by atoms with van der Waals surface area (Å²) in [5.74, 6) is 0.754. The summed E-state index contributed by atoms with van der Waals surface area (Å²) in [5, 5.41) is 15.6. The Morgan fingerprint density at radius 3 is 2.38 bits per heavy atom. The molecule has 1 saturated carbocycles. The van der Waals surface area contributed by atoms with Crippen molar-refractivity contribution in [1.29, 1.82) is 5.26 Å². The highest BCUT2D eigenvalue weighted by molar-refractivity contribution is 5.93. The van der Waals surface area contributed by atoms with Gasteiger partial charge in [-0.15, -0.1) is 0 Å². The summed E-state index contributed by atoms with van der Waals surface area (Å²) in [5.41, 5.74) is 3.84. The van der Waals surface area contributed by atoms with Crippen LogP contribution in [0.1, 0.15) is 36.8 Å². The topological polar surface area (TPSA) is 114 Å². The molecule has 1 aliphatic rings. The predicted octanol–water partition coefficient (Wildman–Crippen LogP) is 5.45. The second-order valence-electron chi connectivity index (χ2n) is 9.68. The molecule has 8 nitrogen and oxygen atoms in total. The highest BCUT2D eigenvalue weighted by Gasteiger charge is 2.30. The second-order valence-corrected chi connectivity index (χ2v) is 9.68. The van der Waals surface area contributed by atoms with Crippen molar-refractivity contribution < 1.29 is 4.79 Å². The molecule has 0 aliphatic heterocycles. The molecule has 0 spiro atoms. The first-order valence-corrected chi connectivity index (χ1v) is 13.1. The maximum atomic E-state index is 13.6. The van der Waals surface area contributed by atoms with Gasteiger partial charge in [0.25, 0.3) is 0 Å². The third-order valence-corrected chi connectivity index (χ3v) is 7.04. The van der Waals surface area contributed by atoms with E-state index < -0.39 is 0 Å². The number of amides is 2. The van der Waals surface area contributed by atoms with Crippen LogP contribution in [0.4, 0.5) is 16.3 Å². The van der Waals surface area contributed by atoms with Crippen molar-refractivity contribution in [1.82, 2.24) is 15.3 Å². The van der Waals surface area contributed by atoms with Crippen LogP contribution in [0.25, 0.3) is 11.3 Å². The number of pyridine rings is 2. The fourth-order valence-corrected chi connectivity index (χ4v) is 5.00. The molecule has 3 N–H and O–H groups in total. The Balaban J connectivity index is 1.31. The van der Waals surface area contributed by atoms with Gasteiger partial charge in [0, 0.05) is 42.3 Å². The molecule has 2 aromatic carbocycles. The van der Waals surface area contributed by atoms with Crippen LogP contribution < -0.4 is 21.1 Å². The fraction of sp³-hybridized carbons (Fsp3) is 0.226. The zero-order chi connectivity index (χ0) is 27.0. The van der Waals surface area contributed by atoms with E-state index in [1.165, 1.54) is 6.07 Å². The maximum Gasteiger partial charge on any atom is 0.322 e. The number of rotatable bonds is 7. The molecule has 2 heterocycles. The molecule has 1 aliphatic carbocycles. The maximum absolute atomic E-state index is 13.6. The van der Waals surface area contributed by atoms with Gasteiger partial charge in [0.05, 0.1) is 5.56 Å². The molecule has 5 rings (SSSR count). The average Bonchev–Trinajstić information content (AvgIpc) is 2.98. The van der Waals surface area contributed by atoms with Gasteiger partial charge in [0.15, 0.2) is 0 Å². The molecule has 1 fully saturated rings. The third-order valence-electron chi connectivity index (χ3n) is 7.04. The van der Waals surface area contributed by atoms with Gasteiger partial charge in [-0.05, 0) is 67.1 Å². The number of nitriles is 1. The van der Waals surface area contributed by atoms with E-state index >= 15 is 0 Å². The number of aromatic nitrogens is 2. The van der Waals surface area contributed by atoms with Gasteiger partial charge in [-0.1, -0.05) is 48.5 Å². The molecule has 2 amide bonds. The largest absolute Gasteiger partial charge is 0.367 e. The Kier molecular flexibility index (Phi) is 7.98. The molecule has 0 atom stereocenters. The zero-order valence-electron chi connectivity index (χ0n) is 21.5. The standard InChI is InChI=1S/C31H30N6O2/c32-19-23-9-18-29(33-21-23)35-25-12-16-27(17-13-25)37(31(39)34-20-22-5-2-1-3-6-22)26-14-10-24(11-15-26)28-7-4-8-30(38)36-28/h1-11,14-15,18,21,25,27H,12-13,16-17,20H2,(H,33,35)(H,34,39)(H,36,38). The molecule has 0 unspecified atom stereocenters. The van der Waals surface area contributed by atoms with E-state index in [0.29, 0.717) is 12.1 Å². The monoisotopic (exact) mass is 518 g/mol. The Morgan fingerprint density at radius 2 is 1.72 bits per heavy atom. The van der Waals surface area contributed by atoms with Crippen molar-refractivity contribution in [2.75, 3.05) is 10.2 Å². The summed E-state index contributed by atoms with van der Waals surface area (Å²) in [6, 6.07) is 28.5. The molecule has 0 saturated heterocycles. The van der Waals surface area contributed by atoms with Crippen LogP contribution in [0.15, 0.2) is 95.9 Å². The van der Waals surface area contributed by atoms with Gasteiger partial charge in [-0.2, -0.15) is 5.26 Å². The Hall–Kier alpha value is -4.90. The quantitative estimate of drug-likeness (QED) is 0.301. The number of hydrogen-bond acceptors (Lipinski definition) is 5. The van der Waals surface area contributed by atoms with Gasteiger partial charge >= 0.3 is 6.03 Å². The van der Waals surface area contributed by atoms with E-state index in [1.54, 1.807) is 18.3 Å². The van der Waals surface area contributed by atoms with Crippen LogP contribution in [0.2, 0.25) is 0 Å². The second kappa shape index (κ2) is 12.1. The number of anilines is 2. The Labute approximate surface area is 227 Å². The lowest BCUT2D eigenvalue weighted by Crippen LogP contribution is -2.48. The van der Waals surface area contributed by atoms with Crippen molar-refractivity contribution in [2.45, 2.75) is 44.3 Å². The van der Waals surface area contributed by atoms with Crippen LogP contribution in [0.5, 0.6) is 0 Å². The number of carbonyl (C=O) groups is 1. The van der Waals surface area contributed by atoms with E-state index in [4.69, 9.17) is 5.26 Å². The van der Waals surface area contributed by atoms with Crippen LogP contribution in [0, 0.1) is 11.3 Å². The molecule has 39 heavy (non-hydrogen) atoms. The van der Waals surface area contributed by atoms with E-state index in [0.717, 1.165) is 54.0 Å². The molecule has 4 aromatic rings. The molecule has 0 radical (unpaired) electrons. The highest BCUT2D eigenvalue weighted by atomic mass is 16.2. The SMILES string of the molecule is N#Cc1ccc(NC2CCC(N(C(=O)NCc3ccccc3)c3ccc(-c4cccc(=O)[nH]4)cc3)CC2)nc1. The normalized spacial score (nSPS) is 16.6. The number of nitrogens with zero attached hydrogens (tertiary/aromatic N) is 3. The van der Waals surface area contributed by atoms with Crippen molar-refractivity contribution in [3.63, 3.8) is 0 Å². The summed E-state index contributed by atoms with van der Waals surface area (Å²) >= 11 is 0. The van der Waals surface area contributed by atoms with Crippen LogP contribution in [-0.2, 0) is 6.54 Å². The number of hydrogen-bond donors (Lipinski definition) is 3. The molecule has 2 aromatic heterocycles. The Morgan fingerprint density at radius 1 is 0.949 bits per heavy atom. The van der Waals surface area contributed by atoms with Gasteiger partial charge in [0.1, 0.15) is 11.9 Å². The molecule has 0 bridgehead atoms. The number of H-pyrrole nitrogens is 1. The molecule has 196 valence electrons. The lowest BCUT2D eigenvalue weighted by Gasteiger charge is -2.37. The van der Waals surface area contributed by atoms with Crippen LogP contribution in [0.3, 0.4) is 0 Å². The fourth-order valence-electron chi connectivity index (χ4n) is 5.00. The summed E-state index contributed by atoms with van der Waals surface area (Å²) in [4.78, 5) is 34.4. The summed E-state index contributed by atoms with van der Waals surface area (Å²) in [6.45, 7) is 0.445. The molecule has 8 heteroatoms. The Bertz CT molecular complexity index is 1490. The van der Waals surface area contributed by atoms with E-state index in [2.05, 4.69) is 26.7 Å². The zero-order valence-corrected chi connectivity index (χ0v) is 21.5. The minimum atomic E-state index is -0.153. The smallest absolute Gasteiger partial charge is 0.322 e. The summed E-state index contributed by atoms with van der Waals surface area (Å²) < 4.78 is 0. The number of aromatic amines is 1. The minimum Gasteiger partial charge on any atom is -0.367 e. The molecular weight excluding hydrogens is 488 g/mol. The predicted molar refractivity (Wildman–Crippen MR) is 152 cm³/mol. The number of carbonyl (C=O) groups excluding carboxylic acids is 1. The lowest BCUT2D eigenvalue weighted by molar-refractivity contribution is 0.240. The van der Waals surface area contributed by atoms with Gasteiger partial charge in [-0.3, -0.25) is 9.69 Å². The summed E-state index contributed by atoms with van der Waals surface area (Å²) in [7, 11) is 0. The van der Waals surface area contributed by atoms with E-state index in [-0.39, 0.29) is 23.7 Å². The number of benzene rings is 2. The van der Waals surface area contributed by atoms with Crippen LogP contribution >= 0.6 is 0 Å². The van der Waals surface area contributed by atoms with Crippen molar-refractivity contribution in [3.05, 3.63) is 113 Å². The third kappa shape index (κ3) is 6.51. The van der Waals surface area contributed by atoms with Crippen molar-refractivity contribution >= 4 is 17.5 Å².